The normalized spacial score (nSPS) is 12.0. The number of halogens is 1. The van der Waals surface area contributed by atoms with Crippen LogP contribution in [0.5, 0.6) is 0 Å². The van der Waals surface area contributed by atoms with E-state index in [1.54, 1.807) is 30.3 Å². The van der Waals surface area contributed by atoms with Crippen LogP contribution in [-0.4, -0.2) is 25.8 Å². The quantitative estimate of drug-likeness (QED) is 0.628. The van der Waals surface area contributed by atoms with Gasteiger partial charge in [-0.25, -0.2) is 8.42 Å². The van der Waals surface area contributed by atoms with Gasteiger partial charge in [-0.3, -0.25) is 0 Å². The molecule has 0 spiro atoms. The highest BCUT2D eigenvalue weighted by Gasteiger charge is 2.22. The van der Waals surface area contributed by atoms with Gasteiger partial charge in [-0.15, -0.1) is 6.58 Å². The first-order valence-corrected chi connectivity index (χ1v) is 9.76. The number of hydrogen-bond donors (Lipinski definition) is 0. The second kappa shape index (κ2) is 8.42. The van der Waals surface area contributed by atoms with Gasteiger partial charge < -0.3 is 0 Å². The van der Waals surface area contributed by atoms with Crippen molar-refractivity contribution >= 4 is 32.0 Å². The minimum absolute atomic E-state index is 0.265. The molecule has 2 aromatic carbocycles. The first-order chi connectivity index (χ1) is 11.4. The maximum Gasteiger partial charge on any atom is 0.243 e. The highest BCUT2D eigenvalue weighted by atomic mass is 79.9. The molecular formula is C19H20BrNO2S. The maximum atomic E-state index is 12.8. The molecule has 0 fully saturated rings. The Kier molecular flexibility index (Phi) is 6.54. The Hall–Kier alpha value is -1.69. The Balaban J connectivity index is 2.17. The Morgan fingerprint density at radius 1 is 1.04 bits per heavy atom. The third-order valence-corrected chi connectivity index (χ3v) is 5.86. The van der Waals surface area contributed by atoms with Gasteiger partial charge in [0.05, 0.1) is 4.90 Å². The summed E-state index contributed by atoms with van der Waals surface area (Å²) in [5, 5.41) is 0. The Bertz CT molecular complexity index is 809. The number of rotatable bonds is 7. The van der Waals surface area contributed by atoms with Gasteiger partial charge in [0, 0.05) is 17.6 Å². The zero-order valence-electron chi connectivity index (χ0n) is 13.5. The van der Waals surface area contributed by atoms with Crippen molar-refractivity contribution in [2.45, 2.75) is 11.8 Å². The molecule has 0 unspecified atom stereocenters. The van der Waals surface area contributed by atoms with Crippen molar-refractivity contribution in [1.29, 1.82) is 0 Å². The van der Waals surface area contributed by atoms with E-state index >= 15 is 0 Å². The highest BCUT2D eigenvalue weighted by Crippen LogP contribution is 2.17. The van der Waals surface area contributed by atoms with Crippen LogP contribution in [0, 0.1) is 6.92 Å². The topological polar surface area (TPSA) is 37.4 Å². The summed E-state index contributed by atoms with van der Waals surface area (Å²) in [7, 11) is -3.54. The van der Waals surface area contributed by atoms with E-state index in [-0.39, 0.29) is 13.1 Å². The smallest absolute Gasteiger partial charge is 0.207 e. The summed E-state index contributed by atoms with van der Waals surface area (Å²) < 4.78 is 27.9. The predicted molar refractivity (Wildman–Crippen MR) is 103 cm³/mol. The van der Waals surface area contributed by atoms with Crippen molar-refractivity contribution in [2.24, 2.45) is 0 Å². The molecule has 0 aliphatic rings. The van der Waals surface area contributed by atoms with E-state index in [4.69, 9.17) is 0 Å². The van der Waals surface area contributed by atoms with Crippen molar-refractivity contribution in [3.63, 3.8) is 0 Å². The third-order valence-electron chi connectivity index (χ3n) is 3.48. The molecule has 2 rings (SSSR count). The molecule has 2 aromatic rings. The standard InChI is InChI=1S/C19H20BrNO2S/c1-3-14-21(15-4-5-17-8-10-18(20)11-9-17)24(22,23)19-12-6-16(2)7-13-19/h3-13H,1,14-15H2,2H3/b5-4+. The van der Waals surface area contributed by atoms with E-state index < -0.39 is 10.0 Å². The monoisotopic (exact) mass is 405 g/mol. The summed E-state index contributed by atoms with van der Waals surface area (Å²) in [6, 6.07) is 14.7. The summed E-state index contributed by atoms with van der Waals surface area (Å²) in [6.45, 7) is 6.15. The average molecular weight is 406 g/mol. The van der Waals surface area contributed by atoms with E-state index in [9.17, 15) is 8.42 Å². The molecule has 0 saturated heterocycles. The summed E-state index contributed by atoms with van der Waals surface area (Å²) in [5.41, 5.74) is 2.05. The molecule has 0 aliphatic carbocycles. The van der Waals surface area contributed by atoms with E-state index in [0.29, 0.717) is 4.90 Å². The minimum Gasteiger partial charge on any atom is -0.207 e. The van der Waals surface area contributed by atoms with Crippen molar-refractivity contribution in [2.75, 3.05) is 13.1 Å². The summed E-state index contributed by atoms with van der Waals surface area (Å²) in [6.07, 6.45) is 5.35. The van der Waals surface area contributed by atoms with Crippen LogP contribution in [0.2, 0.25) is 0 Å². The SMILES string of the molecule is C=CCN(C/C=C/c1ccc(Br)cc1)S(=O)(=O)c1ccc(C)cc1. The van der Waals surface area contributed by atoms with Crippen LogP contribution in [0.15, 0.2) is 76.6 Å². The molecule has 5 heteroatoms. The first kappa shape index (κ1) is 18.6. The van der Waals surface area contributed by atoms with Crippen LogP contribution >= 0.6 is 15.9 Å². The molecule has 3 nitrogen and oxygen atoms in total. The van der Waals surface area contributed by atoms with Crippen LogP contribution in [-0.2, 0) is 10.0 Å². The van der Waals surface area contributed by atoms with Gasteiger partial charge >= 0.3 is 0 Å². The largest absolute Gasteiger partial charge is 0.243 e. The molecule has 0 heterocycles. The molecular weight excluding hydrogens is 386 g/mol. The number of nitrogens with zero attached hydrogens (tertiary/aromatic N) is 1. The lowest BCUT2D eigenvalue weighted by atomic mass is 10.2. The average Bonchev–Trinajstić information content (AvgIpc) is 2.56. The molecule has 0 aliphatic heterocycles. The minimum atomic E-state index is -3.54. The lowest BCUT2D eigenvalue weighted by Crippen LogP contribution is -2.31. The maximum absolute atomic E-state index is 12.8. The lowest BCUT2D eigenvalue weighted by molar-refractivity contribution is 0.474. The number of aryl methyl sites for hydroxylation is 1. The molecule has 0 N–H and O–H groups in total. The van der Waals surface area contributed by atoms with Gasteiger partial charge in [0.1, 0.15) is 0 Å². The van der Waals surface area contributed by atoms with Crippen molar-refractivity contribution in [1.82, 2.24) is 4.31 Å². The Labute approximate surface area is 152 Å². The van der Waals surface area contributed by atoms with Crippen LogP contribution in [0.1, 0.15) is 11.1 Å². The molecule has 0 radical (unpaired) electrons. The first-order valence-electron chi connectivity index (χ1n) is 7.53. The van der Waals surface area contributed by atoms with E-state index in [1.165, 1.54) is 4.31 Å². The number of hydrogen-bond acceptors (Lipinski definition) is 2. The van der Waals surface area contributed by atoms with Crippen LogP contribution in [0.4, 0.5) is 0 Å². The molecule has 24 heavy (non-hydrogen) atoms. The third kappa shape index (κ3) is 4.90. The van der Waals surface area contributed by atoms with E-state index in [1.807, 2.05) is 43.3 Å². The fraction of sp³-hybridized carbons (Fsp3) is 0.158. The van der Waals surface area contributed by atoms with Crippen molar-refractivity contribution in [3.05, 3.63) is 82.9 Å². The van der Waals surface area contributed by atoms with Gasteiger partial charge in [-0.05, 0) is 36.8 Å². The van der Waals surface area contributed by atoms with Gasteiger partial charge in [-0.2, -0.15) is 4.31 Å². The zero-order valence-corrected chi connectivity index (χ0v) is 15.9. The second-order valence-corrected chi connectivity index (χ2v) is 8.23. The van der Waals surface area contributed by atoms with Crippen molar-refractivity contribution in [3.8, 4) is 0 Å². The molecule has 0 aromatic heterocycles. The summed E-state index contributed by atoms with van der Waals surface area (Å²) in [5.74, 6) is 0. The van der Waals surface area contributed by atoms with Crippen molar-refractivity contribution < 1.29 is 8.42 Å². The number of sulfonamides is 1. The van der Waals surface area contributed by atoms with Crippen LogP contribution < -0.4 is 0 Å². The molecule has 0 amide bonds. The van der Waals surface area contributed by atoms with Gasteiger partial charge in [-0.1, -0.05) is 64.0 Å². The lowest BCUT2D eigenvalue weighted by Gasteiger charge is -2.19. The molecule has 0 atom stereocenters. The molecule has 0 bridgehead atoms. The Morgan fingerprint density at radius 3 is 2.25 bits per heavy atom. The zero-order chi connectivity index (χ0) is 17.6. The predicted octanol–water partition coefficient (Wildman–Crippen LogP) is 4.65. The van der Waals surface area contributed by atoms with Gasteiger partial charge in [0.15, 0.2) is 0 Å². The molecule has 126 valence electrons. The fourth-order valence-corrected chi connectivity index (χ4v) is 3.78. The fourth-order valence-electron chi connectivity index (χ4n) is 2.15. The summed E-state index contributed by atoms with van der Waals surface area (Å²) in [4.78, 5) is 0.298. The summed E-state index contributed by atoms with van der Waals surface area (Å²) >= 11 is 3.39. The highest BCUT2D eigenvalue weighted by molar-refractivity contribution is 9.10. The van der Waals surface area contributed by atoms with Gasteiger partial charge in [0.2, 0.25) is 10.0 Å². The van der Waals surface area contributed by atoms with Crippen LogP contribution in [0.25, 0.3) is 6.08 Å². The van der Waals surface area contributed by atoms with E-state index in [0.717, 1.165) is 15.6 Å². The number of benzene rings is 2. The molecule has 0 saturated carbocycles. The van der Waals surface area contributed by atoms with Crippen LogP contribution in [0.3, 0.4) is 0 Å². The second-order valence-electron chi connectivity index (χ2n) is 5.38. The van der Waals surface area contributed by atoms with E-state index in [2.05, 4.69) is 22.5 Å². The Morgan fingerprint density at radius 2 is 1.67 bits per heavy atom. The van der Waals surface area contributed by atoms with Gasteiger partial charge in [0.25, 0.3) is 0 Å².